The Morgan fingerprint density at radius 1 is 1.27 bits per heavy atom. The summed E-state index contributed by atoms with van der Waals surface area (Å²) in [5.41, 5.74) is 1.41. The summed E-state index contributed by atoms with van der Waals surface area (Å²) < 4.78 is 0. The molecule has 3 heterocycles. The highest BCUT2D eigenvalue weighted by Gasteiger charge is 2.25. The number of imidazole rings is 1. The van der Waals surface area contributed by atoms with Crippen LogP contribution < -0.4 is 10.2 Å². The summed E-state index contributed by atoms with van der Waals surface area (Å²) in [5, 5.41) is 3.25. The number of hydrogen-bond acceptors (Lipinski definition) is 5. The van der Waals surface area contributed by atoms with E-state index in [0.29, 0.717) is 5.65 Å². The number of H-pyrrole nitrogens is 1. The van der Waals surface area contributed by atoms with E-state index in [0.717, 1.165) is 23.1 Å². The maximum atomic E-state index is 4.47. The zero-order valence-corrected chi connectivity index (χ0v) is 8.87. The first-order chi connectivity index (χ1) is 7.15. The first kappa shape index (κ1) is 8.46. The van der Waals surface area contributed by atoms with E-state index in [9.17, 15) is 0 Å². The third-order valence-corrected chi connectivity index (χ3v) is 2.69. The highest BCUT2D eigenvalue weighted by molar-refractivity contribution is 5.78. The number of aromatic nitrogens is 4. The number of aryl methyl sites for hydroxylation is 1. The van der Waals surface area contributed by atoms with Crippen molar-refractivity contribution >= 4 is 22.9 Å². The highest BCUT2D eigenvalue weighted by Crippen LogP contribution is 2.30. The van der Waals surface area contributed by atoms with Crippen LogP contribution in [0.5, 0.6) is 0 Å². The maximum Gasteiger partial charge on any atom is 0.199 e. The second kappa shape index (κ2) is 2.59. The fourth-order valence-electron chi connectivity index (χ4n) is 1.76. The van der Waals surface area contributed by atoms with Gasteiger partial charge < -0.3 is 15.2 Å². The topological polar surface area (TPSA) is 69.7 Å². The van der Waals surface area contributed by atoms with Crippen molar-refractivity contribution in [3.05, 3.63) is 5.82 Å². The van der Waals surface area contributed by atoms with Gasteiger partial charge in [-0.2, -0.15) is 0 Å². The van der Waals surface area contributed by atoms with Crippen molar-refractivity contribution in [3.8, 4) is 0 Å². The monoisotopic (exact) mass is 204 g/mol. The average Bonchev–Trinajstić information content (AvgIpc) is 2.65. The van der Waals surface area contributed by atoms with Gasteiger partial charge in [-0.15, -0.1) is 0 Å². The Kier molecular flexibility index (Phi) is 1.46. The van der Waals surface area contributed by atoms with Gasteiger partial charge in [-0.05, 0) is 13.8 Å². The molecule has 0 spiro atoms. The Labute approximate surface area is 86.7 Å². The van der Waals surface area contributed by atoms with Crippen LogP contribution in [0.4, 0.5) is 11.6 Å². The molecule has 78 valence electrons. The molecule has 1 unspecified atom stereocenters. The smallest absolute Gasteiger partial charge is 0.199 e. The third kappa shape index (κ3) is 1.07. The van der Waals surface area contributed by atoms with E-state index in [2.05, 4.69) is 32.2 Å². The van der Waals surface area contributed by atoms with Gasteiger partial charge in [-0.1, -0.05) is 0 Å². The number of nitrogens with zero attached hydrogens (tertiary/aromatic N) is 4. The van der Waals surface area contributed by atoms with E-state index >= 15 is 0 Å². The molecule has 6 heteroatoms. The van der Waals surface area contributed by atoms with Gasteiger partial charge >= 0.3 is 0 Å². The molecule has 0 amide bonds. The van der Waals surface area contributed by atoms with Crippen molar-refractivity contribution in [1.29, 1.82) is 0 Å². The van der Waals surface area contributed by atoms with E-state index in [-0.39, 0.29) is 6.17 Å². The SMILES string of the molecule is Cc1nc2nc3c(nc2[nH]1)NC(C)N3C. The molecule has 0 aliphatic carbocycles. The van der Waals surface area contributed by atoms with Crippen LogP contribution >= 0.6 is 0 Å². The van der Waals surface area contributed by atoms with Gasteiger partial charge in [0.05, 0.1) is 6.17 Å². The zero-order chi connectivity index (χ0) is 10.6. The van der Waals surface area contributed by atoms with Crippen LogP contribution in [-0.4, -0.2) is 33.1 Å². The lowest BCUT2D eigenvalue weighted by Crippen LogP contribution is -2.28. The minimum Gasteiger partial charge on any atom is -0.347 e. The van der Waals surface area contributed by atoms with Crippen LogP contribution in [-0.2, 0) is 0 Å². The normalized spacial score (nSPS) is 19.4. The predicted octanol–water partition coefficient (Wildman–Crippen LogP) is 0.869. The van der Waals surface area contributed by atoms with Gasteiger partial charge in [0.1, 0.15) is 5.82 Å². The second-order valence-corrected chi connectivity index (χ2v) is 3.82. The van der Waals surface area contributed by atoms with Crippen LogP contribution in [0.1, 0.15) is 12.7 Å². The molecular weight excluding hydrogens is 192 g/mol. The van der Waals surface area contributed by atoms with Crippen LogP contribution in [0.3, 0.4) is 0 Å². The molecule has 0 aromatic carbocycles. The Hall–Kier alpha value is -1.85. The number of aromatic amines is 1. The summed E-state index contributed by atoms with van der Waals surface area (Å²) in [7, 11) is 1.99. The van der Waals surface area contributed by atoms with E-state index in [4.69, 9.17) is 0 Å². The molecule has 2 N–H and O–H groups in total. The minimum absolute atomic E-state index is 0.229. The molecule has 2 aromatic heterocycles. The van der Waals surface area contributed by atoms with Crippen molar-refractivity contribution in [1.82, 2.24) is 19.9 Å². The van der Waals surface area contributed by atoms with Gasteiger partial charge in [0.25, 0.3) is 0 Å². The molecule has 3 rings (SSSR count). The fraction of sp³-hybridized carbons (Fsp3) is 0.444. The Bertz CT molecular complexity index is 531. The number of hydrogen-bond donors (Lipinski definition) is 2. The van der Waals surface area contributed by atoms with Crippen molar-refractivity contribution in [2.45, 2.75) is 20.0 Å². The third-order valence-electron chi connectivity index (χ3n) is 2.69. The van der Waals surface area contributed by atoms with Gasteiger partial charge in [0.15, 0.2) is 22.9 Å². The van der Waals surface area contributed by atoms with Crippen LogP contribution in [0.15, 0.2) is 0 Å². The summed E-state index contributed by atoms with van der Waals surface area (Å²) in [6.07, 6.45) is 0.229. The minimum atomic E-state index is 0.229. The molecule has 2 aromatic rings. The first-order valence-corrected chi connectivity index (χ1v) is 4.89. The predicted molar refractivity (Wildman–Crippen MR) is 57.9 cm³/mol. The van der Waals surface area contributed by atoms with Gasteiger partial charge in [-0.25, -0.2) is 15.0 Å². The standard InChI is InChI=1S/C9H12N6/c1-4-10-6-7(11-4)14-9-8(13-6)12-5(2)15(9)3/h5H,1-3H3,(H2,10,11,12,13,14). The fourth-order valence-corrected chi connectivity index (χ4v) is 1.76. The van der Waals surface area contributed by atoms with E-state index in [1.54, 1.807) is 0 Å². The second-order valence-electron chi connectivity index (χ2n) is 3.82. The summed E-state index contributed by atoms with van der Waals surface area (Å²) in [6.45, 7) is 3.96. The molecule has 0 saturated carbocycles. The van der Waals surface area contributed by atoms with Crippen molar-refractivity contribution in [3.63, 3.8) is 0 Å². The average molecular weight is 204 g/mol. The van der Waals surface area contributed by atoms with Crippen LogP contribution in [0, 0.1) is 6.92 Å². The summed E-state index contributed by atoms with van der Waals surface area (Å²) >= 11 is 0. The molecule has 6 nitrogen and oxygen atoms in total. The largest absolute Gasteiger partial charge is 0.347 e. The number of fused-ring (bicyclic) bond motifs is 2. The molecule has 0 fully saturated rings. The van der Waals surface area contributed by atoms with Crippen molar-refractivity contribution in [2.24, 2.45) is 0 Å². The Morgan fingerprint density at radius 3 is 2.87 bits per heavy atom. The maximum absolute atomic E-state index is 4.47. The number of anilines is 2. The van der Waals surface area contributed by atoms with E-state index in [1.807, 2.05) is 18.9 Å². The molecule has 0 saturated heterocycles. The highest BCUT2D eigenvalue weighted by atomic mass is 15.4. The molecule has 15 heavy (non-hydrogen) atoms. The van der Waals surface area contributed by atoms with Crippen LogP contribution in [0.2, 0.25) is 0 Å². The summed E-state index contributed by atoms with van der Waals surface area (Å²) in [5.74, 6) is 2.52. The van der Waals surface area contributed by atoms with Crippen molar-refractivity contribution in [2.75, 3.05) is 17.3 Å². The number of rotatable bonds is 0. The van der Waals surface area contributed by atoms with Crippen molar-refractivity contribution < 1.29 is 0 Å². The van der Waals surface area contributed by atoms with Gasteiger partial charge in [-0.3, -0.25) is 0 Å². The summed E-state index contributed by atoms with van der Waals surface area (Å²) in [6, 6.07) is 0. The van der Waals surface area contributed by atoms with Gasteiger partial charge in [0.2, 0.25) is 0 Å². The number of nitrogens with one attached hydrogen (secondary N) is 2. The molecule has 0 radical (unpaired) electrons. The Balaban J connectivity index is 2.25. The molecule has 1 atom stereocenters. The van der Waals surface area contributed by atoms with Crippen LogP contribution in [0.25, 0.3) is 11.3 Å². The molecule has 1 aliphatic heterocycles. The van der Waals surface area contributed by atoms with E-state index in [1.165, 1.54) is 0 Å². The summed E-state index contributed by atoms with van der Waals surface area (Å²) in [4.78, 5) is 18.3. The lowest BCUT2D eigenvalue weighted by molar-refractivity contribution is 0.798. The van der Waals surface area contributed by atoms with E-state index < -0.39 is 0 Å². The quantitative estimate of drug-likeness (QED) is 0.666. The zero-order valence-electron chi connectivity index (χ0n) is 8.87. The molecule has 1 aliphatic rings. The Morgan fingerprint density at radius 2 is 2.07 bits per heavy atom. The first-order valence-electron chi connectivity index (χ1n) is 4.89. The van der Waals surface area contributed by atoms with Gasteiger partial charge in [0, 0.05) is 7.05 Å². The molecule has 0 bridgehead atoms. The molecular formula is C9H12N6. The lowest BCUT2D eigenvalue weighted by Gasteiger charge is -2.15. The lowest BCUT2D eigenvalue weighted by atomic mass is 10.5.